The molecule has 5 heteroatoms. The molecule has 17 heavy (non-hydrogen) atoms. The first-order valence-corrected chi connectivity index (χ1v) is 6.39. The summed E-state index contributed by atoms with van der Waals surface area (Å²) in [7, 11) is 0. The van der Waals surface area contributed by atoms with E-state index < -0.39 is 0 Å². The van der Waals surface area contributed by atoms with Crippen molar-refractivity contribution < 1.29 is 4.42 Å². The standard InChI is InChI=1S/C12H22N4O/c1-4-13-8-10-14-15-11(17-10)16-7-5-6-12(2,3)9-16/h13H,4-9H2,1-3H3. The summed E-state index contributed by atoms with van der Waals surface area (Å²) in [5.74, 6) is 0.672. The van der Waals surface area contributed by atoms with Crippen molar-refractivity contribution in [1.29, 1.82) is 0 Å². The van der Waals surface area contributed by atoms with E-state index in [1.807, 2.05) is 0 Å². The first kappa shape index (κ1) is 12.4. The van der Waals surface area contributed by atoms with Crippen molar-refractivity contribution in [2.24, 2.45) is 5.41 Å². The molecule has 2 heterocycles. The topological polar surface area (TPSA) is 54.2 Å². The number of rotatable bonds is 4. The molecule has 0 amide bonds. The number of nitrogens with zero attached hydrogens (tertiary/aromatic N) is 3. The van der Waals surface area contributed by atoms with E-state index in [4.69, 9.17) is 4.42 Å². The number of aromatic nitrogens is 2. The Bertz CT molecular complexity index is 361. The predicted octanol–water partition coefficient (Wildman–Crippen LogP) is 1.81. The first-order chi connectivity index (χ1) is 8.11. The van der Waals surface area contributed by atoms with Crippen LogP contribution >= 0.6 is 0 Å². The Morgan fingerprint density at radius 1 is 1.41 bits per heavy atom. The van der Waals surface area contributed by atoms with Gasteiger partial charge in [-0.25, -0.2) is 0 Å². The molecule has 96 valence electrons. The van der Waals surface area contributed by atoms with E-state index in [9.17, 15) is 0 Å². The van der Waals surface area contributed by atoms with Gasteiger partial charge in [0.2, 0.25) is 5.89 Å². The van der Waals surface area contributed by atoms with Gasteiger partial charge in [-0.05, 0) is 24.8 Å². The number of hydrogen-bond acceptors (Lipinski definition) is 5. The van der Waals surface area contributed by atoms with E-state index in [0.29, 0.717) is 23.9 Å². The van der Waals surface area contributed by atoms with E-state index in [0.717, 1.165) is 19.6 Å². The van der Waals surface area contributed by atoms with Crippen LogP contribution in [0.4, 0.5) is 6.01 Å². The zero-order valence-corrected chi connectivity index (χ0v) is 11.0. The van der Waals surface area contributed by atoms with Gasteiger partial charge in [0, 0.05) is 13.1 Å². The molecule has 0 saturated carbocycles. The predicted molar refractivity (Wildman–Crippen MR) is 66.9 cm³/mol. The van der Waals surface area contributed by atoms with Gasteiger partial charge in [0.25, 0.3) is 0 Å². The second-order valence-corrected chi connectivity index (χ2v) is 5.45. The van der Waals surface area contributed by atoms with Crippen LogP contribution < -0.4 is 10.2 Å². The van der Waals surface area contributed by atoms with Gasteiger partial charge in [-0.1, -0.05) is 25.9 Å². The molecule has 0 bridgehead atoms. The SMILES string of the molecule is CCNCc1nnc(N2CCCC(C)(C)C2)o1. The zero-order valence-electron chi connectivity index (χ0n) is 11.0. The van der Waals surface area contributed by atoms with Crippen LogP contribution in [-0.4, -0.2) is 29.8 Å². The molecule has 1 N–H and O–H groups in total. The first-order valence-electron chi connectivity index (χ1n) is 6.39. The molecule has 0 aliphatic carbocycles. The third-order valence-corrected chi connectivity index (χ3v) is 3.15. The van der Waals surface area contributed by atoms with Crippen molar-refractivity contribution in [2.75, 3.05) is 24.5 Å². The Hall–Kier alpha value is -1.10. The number of hydrogen-bond donors (Lipinski definition) is 1. The van der Waals surface area contributed by atoms with E-state index in [2.05, 4.69) is 41.2 Å². The summed E-state index contributed by atoms with van der Waals surface area (Å²) in [6.45, 7) is 10.2. The summed E-state index contributed by atoms with van der Waals surface area (Å²) in [6.07, 6.45) is 2.46. The Labute approximate surface area is 103 Å². The van der Waals surface area contributed by atoms with Crippen LogP contribution in [0.1, 0.15) is 39.5 Å². The molecule has 0 atom stereocenters. The number of nitrogens with one attached hydrogen (secondary N) is 1. The smallest absolute Gasteiger partial charge is 0.318 e. The monoisotopic (exact) mass is 238 g/mol. The summed E-state index contributed by atoms with van der Waals surface area (Å²) in [5, 5.41) is 11.4. The van der Waals surface area contributed by atoms with Crippen molar-refractivity contribution in [3.63, 3.8) is 0 Å². The fraction of sp³-hybridized carbons (Fsp3) is 0.833. The molecule has 1 aliphatic heterocycles. The van der Waals surface area contributed by atoms with Crippen molar-refractivity contribution in [3.05, 3.63) is 5.89 Å². The van der Waals surface area contributed by atoms with Crippen LogP contribution in [0.3, 0.4) is 0 Å². The molecule has 2 rings (SSSR count). The van der Waals surface area contributed by atoms with Crippen LogP contribution in [0.25, 0.3) is 0 Å². The Morgan fingerprint density at radius 3 is 2.94 bits per heavy atom. The molecule has 1 aliphatic rings. The van der Waals surface area contributed by atoms with Crippen LogP contribution in [0, 0.1) is 5.41 Å². The molecule has 1 saturated heterocycles. The fourth-order valence-corrected chi connectivity index (χ4v) is 2.26. The quantitative estimate of drug-likeness (QED) is 0.867. The second-order valence-electron chi connectivity index (χ2n) is 5.45. The maximum Gasteiger partial charge on any atom is 0.318 e. The maximum absolute atomic E-state index is 5.66. The minimum absolute atomic E-state index is 0.342. The molecule has 1 fully saturated rings. The lowest BCUT2D eigenvalue weighted by Gasteiger charge is -2.36. The normalized spacial score (nSPS) is 19.6. The van der Waals surface area contributed by atoms with Gasteiger partial charge in [-0.15, -0.1) is 5.10 Å². The lowest BCUT2D eigenvalue weighted by Crippen LogP contribution is -2.40. The summed E-state index contributed by atoms with van der Waals surface area (Å²) in [5.41, 5.74) is 0.342. The fourth-order valence-electron chi connectivity index (χ4n) is 2.26. The van der Waals surface area contributed by atoms with Gasteiger partial charge in [0.05, 0.1) is 6.54 Å². The van der Waals surface area contributed by atoms with Crippen molar-refractivity contribution in [1.82, 2.24) is 15.5 Å². The molecule has 0 radical (unpaired) electrons. The highest BCUT2D eigenvalue weighted by Gasteiger charge is 2.28. The Morgan fingerprint density at radius 2 is 2.24 bits per heavy atom. The van der Waals surface area contributed by atoms with E-state index in [-0.39, 0.29) is 0 Å². The van der Waals surface area contributed by atoms with Gasteiger partial charge in [-0.2, -0.15) is 0 Å². The van der Waals surface area contributed by atoms with Crippen molar-refractivity contribution in [2.45, 2.75) is 40.2 Å². The maximum atomic E-state index is 5.66. The molecule has 0 spiro atoms. The van der Waals surface area contributed by atoms with Gasteiger partial charge in [-0.3, -0.25) is 0 Å². The average molecular weight is 238 g/mol. The summed E-state index contributed by atoms with van der Waals surface area (Å²) in [4.78, 5) is 2.20. The van der Waals surface area contributed by atoms with Crippen molar-refractivity contribution >= 4 is 6.01 Å². The minimum atomic E-state index is 0.342. The lowest BCUT2D eigenvalue weighted by atomic mass is 9.84. The number of anilines is 1. The Kier molecular flexibility index (Phi) is 3.66. The van der Waals surface area contributed by atoms with Gasteiger partial charge in [0.1, 0.15) is 0 Å². The van der Waals surface area contributed by atoms with Gasteiger partial charge in [0.15, 0.2) is 0 Å². The van der Waals surface area contributed by atoms with E-state index >= 15 is 0 Å². The third kappa shape index (κ3) is 3.19. The lowest BCUT2D eigenvalue weighted by molar-refractivity contribution is 0.282. The van der Waals surface area contributed by atoms with E-state index in [1.54, 1.807) is 0 Å². The minimum Gasteiger partial charge on any atom is -0.407 e. The van der Waals surface area contributed by atoms with Crippen molar-refractivity contribution in [3.8, 4) is 0 Å². The highest BCUT2D eigenvalue weighted by molar-refractivity contribution is 5.25. The van der Waals surface area contributed by atoms with Gasteiger partial charge >= 0.3 is 6.01 Å². The Balaban J connectivity index is 1.99. The van der Waals surface area contributed by atoms with Crippen LogP contribution in [-0.2, 0) is 6.54 Å². The largest absolute Gasteiger partial charge is 0.407 e. The molecule has 0 unspecified atom stereocenters. The number of piperidine rings is 1. The molecular formula is C12H22N4O. The molecular weight excluding hydrogens is 216 g/mol. The summed E-state index contributed by atoms with van der Waals surface area (Å²) in [6, 6.07) is 0.672. The molecule has 5 nitrogen and oxygen atoms in total. The van der Waals surface area contributed by atoms with Crippen LogP contribution in [0.5, 0.6) is 0 Å². The second kappa shape index (κ2) is 5.04. The molecule has 0 aromatic carbocycles. The average Bonchev–Trinajstić information content (AvgIpc) is 2.73. The molecule has 1 aromatic rings. The third-order valence-electron chi connectivity index (χ3n) is 3.15. The van der Waals surface area contributed by atoms with Crippen LogP contribution in [0.15, 0.2) is 4.42 Å². The summed E-state index contributed by atoms with van der Waals surface area (Å²) < 4.78 is 5.66. The van der Waals surface area contributed by atoms with Gasteiger partial charge < -0.3 is 14.6 Å². The summed E-state index contributed by atoms with van der Waals surface area (Å²) >= 11 is 0. The highest BCUT2D eigenvalue weighted by atomic mass is 16.4. The highest BCUT2D eigenvalue weighted by Crippen LogP contribution is 2.30. The molecule has 1 aromatic heterocycles. The van der Waals surface area contributed by atoms with Crippen LogP contribution in [0.2, 0.25) is 0 Å². The van der Waals surface area contributed by atoms with E-state index in [1.165, 1.54) is 12.8 Å². The zero-order chi connectivity index (χ0) is 12.3.